The normalized spacial score (nSPS) is 24.4. The van der Waals surface area contributed by atoms with Crippen LogP contribution in [0.5, 0.6) is 5.75 Å². The van der Waals surface area contributed by atoms with Crippen LogP contribution in [0.1, 0.15) is 64.5 Å². The molecule has 0 heterocycles. The Kier molecular flexibility index (Phi) is 5.90. The number of hydrogen-bond donors (Lipinski definition) is 1. The van der Waals surface area contributed by atoms with Crippen LogP contribution >= 0.6 is 0 Å². The predicted molar refractivity (Wildman–Crippen MR) is 85.2 cm³/mol. The number of hydrogen-bond acceptors (Lipinski definition) is 2. The van der Waals surface area contributed by atoms with Crippen molar-refractivity contribution in [1.29, 1.82) is 0 Å². The monoisotopic (exact) mass is 275 g/mol. The minimum Gasteiger partial charge on any atom is -0.490 e. The molecule has 1 aromatic carbocycles. The molecule has 0 saturated heterocycles. The maximum absolute atomic E-state index is 6.12. The lowest BCUT2D eigenvalue weighted by Gasteiger charge is -2.27. The van der Waals surface area contributed by atoms with Crippen molar-refractivity contribution in [3.05, 3.63) is 29.8 Å². The zero-order chi connectivity index (χ0) is 14.4. The second-order valence-electron chi connectivity index (χ2n) is 6.26. The van der Waals surface area contributed by atoms with Gasteiger partial charge in [0.05, 0.1) is 6.10 Å². The molecule has 2 rings (SSSR count). The van der Waals surface area contributed by atoms with Gasteiger partial charge in [0.1, 0.15) is 5.75 Å². The SMILES string of the molecule is CCCNC(C)c1ccc(OC2CCCC(C)C2)cc1. The summed E-state index contributed by atoms with van der Waals surface area (Å²) in [6.07, 6.45) is 6.67. The van der Waals surface area contributed by atoms with E-state index in [2.05, 4.69) is 50.4 Å². The van der Waals surface area contributed by atoms with Gasteiger partial charge in [0.15, 0.2) is 0 Å². The molecule has 112 valence electrons. The van der Waals surface area contributed by atoms with Crippen molar-refractivity contribution in [2.75, 3.05) is 6.54 Å². The minimum absolute atomic E-state index is 0.415. The van der Waals surface area contributed by atoms with E-state index in [1.54, 1.807) is 0 Å². The molecule has 1 aliphatic carbocycles. The molecule has 1 saturated carbocycles. The van der Waals surface area contributed by atoms with E-state index >= 15 is 0 Å². The molecule has 0 aliphatic heterocycles. The fourth-order valence-electron chi connectivity index (χ4n) is 2.99. The van der Waals surface area contributed by atoms with Gasteiger partial charge in [0, 0.05) is 6.04 Å². The average Bonchev–Trinajstić information content (AvgIpc) is 2.45. The first-order valence-electron chi connectivity index (χ1n) is 8.19. The second-order valence-corrected chi connectivity index (χ2v) is 6.26. The van der Waals surface area contributed by atoms with Crippen LogP contribution in [-0.2, 0) is 0 Å². The number of ether oxygens (including phenoxy) is 1. The largest absolute Gasteiger partial charge is 0.490 e. The zero-order valence-corrected chi connectivity index (χ0v) is 13.2. The number of benzene rings is 1. The summed E-state index contributed by atoms with van der Waals surface area (Å²) >= 11 is 0. The van der Waals surface area contributed by atoms with Crippen LogP contribution in [0.2, 0.25) is 0 Å². The molecule has 0 aromatic heterocycles. The van der Waals surface area contributed by atoms with Gasteiger partial charge in [-0.1, -0.05) is 32.4 Å². The van der Waals surface area contributed by atoms with Gasteiger partial charge in [-0.15, -0.1) is 0 Å². The highest BCUT2D eigenvalue weighted by molar-refractivity contribution is 5.29. The molecule has 1 aliphatic rings. The fraction of sp³-hybridized carbons (Fsp3) is 0.667. The van der Waals surface area contributed by atoms with Crippen molar-refractivity contribution in [2.45, 2.75) is 65.0 Å². The van der Waals surface area contributed by atoms with Gasteiger partial charge in [-0.05, 0) is 62.8 Å². The number of rotatable bonds is 6. The van der Waals surface area contributed by atoms with Gasteiger partial charge < -0.3 is 10.1 Å². The van der Waals surface area contributed by atoms with E-state index in [4.69, 9.17) is 4.74 Å². The van der Waals surface area contributed by atoms with Crippen molar-refractivity contribution in [3.8, 4) is 5.75 Å². The van der Waals surface area contributed by atoms with Crippen LogP contribution in [0.25, 0.3) is 0 Å². The molecular formula is C18H29NO. The Morgan fingerprint density at radius 1 is 1.25 bits per heavy atom. The van der Waals surface area contributed by atoms with Crippen molar-refractivity contribution in [3.63, 3.8) is 0 Å². The summed E-state index contributed by atoms with van der Waals surface area (Å²) in [5.74, 6) is 1.84. The lowest BCUT2D eigenvalue weighted by Crippen LogP contribution is -2.24. The third-order valence-electron chi connectivity index (χ3n) is 4.27. The molecule has 1 fully saturated rings. The summed E-state index contributed by atoms with van der Waals surface area (Å²) in [7, 11) is 0. The van der Waals surface area contributed by atoms with E-state index in [0.717, 1.165) is 18.2 Å². The molecule has 2 heteroatoms. The Labute approximate surface area is 123 Å². The van der Waals surface area contributed by atoms with Gasteiger partial charge in [0.25, 0.3) is 0 Å². The Bertz CT molecular complexity index is 387. The van der Waals surface area contributed by atoms with Gasteiger partial charge >= 0.3 is 0 Å². The maximum Gasteiger partial charge on any atom is 0.119 e. The first-order valence-corrected chi connectivity index (χ1v) is 8.19. The van der Waals surface area contributed by atoms with Crippen LogP contribution in [-0.4, -0.2) is 12.6 Å². The van der Waals surface area contributed by atoms with E-state index in [0.29, 0.717) is 12.1 Å². The molecule has 0 radical (unpaired) electrons. The van der Waals surface area contributed by atoms with E-state index in [1.165, 1.54) is 37.7 Å². The van der Waals surface area contributed by atoms with Gasteiger partial charge in [-0.25, -0.2) is 0 Å². The van der Waals surface area contributed by atoms with Crippen molar-refractivity contribution in [1.82, 2.24) is 5.32 Å². The van der Waals surface area contributed by atoms with Crippen molar-refractivity contribution in [2.24, 2.45) is 5.92 Å². The highest BCUT2D eigenvalue weighted by atomic mass is 16.5. The molecule has 0 amide bonds. The molecule has 3 unspecified atom stereocenters. The highest BCUT2D eigenvalue weighted by Crippen LogP contribution is 2.27. The van der Waals surface area contributed by atoms with E-state index in [9.17, 15) is 0 Å². The lowest BCUT2D eigenvalue weighted by molar-refractivity contribution is 0.129. The van der Waals surface area contributed by atoms with Crippen molar-refractivity contribution >= 4 is 0 Å². The summed E-state index contributed by atoms with van der Waals surface area (Å²) < 4.78 is 6.12. The third-order valence-corrected chi connectivity index (χ3v) is 4.27. The van der Waals surface area contributed by atoms with Gasteiger partial charge in [-0.2, -0.15) is 0 Å². The van der Waals surface area contributed by atoms with E-state index < -0.39 is 0 Å². The third kappa shape index (κ3) is 4.52. The van der Waals surface area contributed by atoms with E-state index in [-0.39, 0.29) is 0 Å². The summed E-state index contributed by atoms with van der Waals surface area (Å²) in [4.78, 5) is 0. The molecule has 3 atom stereocenters. The molecule has 1 N–H and O–H groups in total. The lowest BCUT2D eigenvalue weighted by atomic mass is 9.89. The standard InChI is InChI=1S/C18H29NO/c1-4-12-19-15(3)16-8-10-17(11-9-16)20-18-7-5-6-14(2)13-18/h8-11,14-15,18-19H,4-7,12-13H2,1-3H3. The van der Waals surface area contributed by atoms with Crippen LogP contribution in [0.15, 0.2) is 24.3 Å². The van der Waals surface area contributed by atoms with Crippen molar-refractivity contribution < 1.29 is 4.74 Å². The topological polar surface area (TPSA) is 21.3 Å². The van der Waals surface area contributed by atoms with Crippen LogP contribution in [0, 0.1) is 5.92 Å². The highest BCUT2D eigenvalue weighted by Gasteiger charge is 2.20. The Hall–Kier alpha value is -1.02. The molecular weight excluding hydrogens is 246 g/mol. The predicted octanol–water partition coefficient (Wildman–Crippen LogP) is 4.70. The zero-order valence-electron chi connectivity index (χ0n) is 13.2. The van der Waals surface area contributed by atoms with Crippen LogP contribution in [0.4, 0.5) is 0 Å². The second kappa shape index (κ2) is 7.68. The van der Waals surface area contributed by atoms with Gasteiger partial charge in [0.2, 0.25) is 0 Å². The Balaban J connectivity index is 1.87. The summed E-state index contributed by atoms with van der Waals surface area (Å²) in [6.45, 7) is 7.81. The Morgan fingerprint density at radius 2 is 2.00 bits per heavy atom. The van der Waals surface area contributed by atoms with E-state index in [1.807, 2.05) is 0 Å². The summed E-state index contributed by atoms with van der Waals surface area (Å²) in [5, 5.41) is 3.51. The molecule has 20 heavy (non-hydrogen) atoms. The molecule has 2 nitrogen and oxygen atoms in total. The van der Waals surface area contributed by atoms with Gasteiger partial charge in [-0.3, -0.25) is 0 Å². The smallest absolute Gasteiger partial charge is 0.119 e. The summed E-state index contributed by atoms with van der Waals surface area (Å²) in [5.41, 5.74) is 1.34. The first kappa shape index (κ1) is 15.4. The fourth-order valence-corrected chi connectivity index (χ4v) is 2.99. The first-order chi connectivity index (χ1) is 9.69. The average molecular weight is 275 g/mol. The molecule has 1 aromatic rings. The number of nitrogens with one attached hydrogen (secondary N) is 1. The molecule has 0 bridgehead atoms. The maximum atomic E-state index is 6.12. The minimum atomic E-state index is 0.415. The van der Waals surface area contributed by atoms with Crippen LogP contribution < -0.4 is 10.1 Å². The quantitative estimate of drug-likeness (QED) is 0.812. The van der Waals surface area contributed by atoms with Crippen LogP contribution in [0.3, 0.4) is 0 Å². The molecule has 0 spiro atoms. The Morgan fingerprint density at radius 3 is 2.65 bits per heavy atom. The summed E-state index contributed by atoms with van der Waals surface area (Å²) in [6, 6.07) is 9.04.